The van der Waals surface area contributed by atoms with Crippen molar-refractivity contribution in [1.29, 1.82) is 0 Å². The molecule has 6 rings (SSSR count). The summed E-state index contributed by atoms with van der Waals surface area (Å²) in [6.07, 6.45) is 2.66. The minimum Gasteiger partial charge on any atom is -0.443 e. The van der Waals surface area contributed by atoms with Gasteiger partial charge in [0.05, 0.1) is 41.2 Å². The van der Waals surface area contributed by atoms with E-state index in [1.807, 2.05) is 0 Å². The molecule has 0 saturated carbocycles. The number of nitrogens with one attached hydrogen (secondary N) is 1. The largest absolute Gasteiger partial charge is 0.443 e. The van der Waals surface area contributed by atoms with Crippen LogP contribution in [0.2, 0.25) is 5.02 Å². The van der Waals surface area contributed by atoms with E-state index in [2.05, 4.69) is 20.4 Å². The van der Waals surface area contributed by atoms with E-state index in [0.29, 0.717) is 32.9 Å². The monoisotopic (exact) mass is 743 g/mol. The summed E-state index contributed by atoms with van der Waals surface area (Å²) in [5, 5.41) is 7.68. The first-order valence-corrected chi connectivity index (χ1v) is 17.1. The van der Waals surface area contributed by atoms with Crippen molar-refractivity contribution >= 4 is 63.1 Å². The molecule has 3 aromatic carbocycles. The van der Waals surface area contributed by atoms with Crippen molar-refractivity contribution < 1.29 is 32.7 Å². The summed E-state index contributed by atoms with van der Waals surface area (Å²) >= 11 is 6.28. The lowest BCUT2D eigenvalue weighted by molar-refractivity contribution is -0.152. The highest BCUT2D eigenvalue weighted by atomic mass is 35.5. The van der Waals surface area contributed by atoms with Gasteiger partial charge in [0.25, 0.3) is 0 Å². The van der Waals surface area contributed by atoms with Crippen LogP contribution in [0, 0.1) is 11.2 Å². The van der Waals surface area contributed by atoms with Crippen LogP contribution in [-0.4, -0.2) is 73.7 Å². The molecule has 3 heterocycles. The van der Waals surface area contributed by atoms with Crippen molar-refractivity contribution in [2.45, 2.75) is 52.9 Å². The third-order valence-corrected chi connectivity index (χ3v) is 9.08. The van der Waals surface area contributed by atoms with Gasteiger partial charge in [0, 0.05) is 40.6 Å². The molecule has 1 aliphatic heterocycles. The van der Waals surface area contributed by atoms with Crippen LogP contribution in [0.3, 0.4) is 0 Å². The number of halogens is 3. The molecule has 0 aliphatic carbocycles. The van der Waals surface area contributed by atoms with Gasteiger partial charge in [0.15, 0.2) is 18.3 Å². The minimum absolute atomic E-state index is 0.0681. The van der Waals surface area contributed by atoms with Crippen molar-refractivity contribution in [1.82, 2.24) is 24.6 Å². The lowest BCUT2D eigenvalue weighted by Crippen LogP contribution is -2.44. The van der Waals surface area contributed by atoms with E-state index in [-0.39, 0.29) is 42.4 Å². The number of rotatable bonds is 10. The van der Waals surface area contributed by atoms with Crippen molar-refractivity contribution in [3.05, 3.63) is 95.9 Å². The van der Waals surface area contributed by atoms with Gasteiger partial charge in [-0.05, 0) is 51.1 Å². The van der Waals surface area contributed by atoms with E-state index < -0.39 is 47.8 Å². The summed E-state index contributed by atoms with van der Waals surface area (Å²) in [7, 11) is 0. The summed E-state index contributed by atoms with van der Waals surface area (Å²) in [6, 6.07) is 14.9. The maximum Gasteiger partial charge on any atom is 0.312 e. The molecule has 5 aromatic rings. The number of carbonyl (C=O) groups is 4. The van der Waals surface area contributed by atoms with Gasteiger partial charge < -0.3 is 19.9 Å². The van der Waals surface area contributed by atoms with Gasteiger partial charge in [-0.1, -0.05) is 41.9 Å². The zero-order chi connectivity index (χ0) is 38.0. The fourth-order valence-corrected chi connectivity index (χ4v) is 6.28. The van der Waals surface area contributed by atoms with Crippen LogP contribution in [0.4, 0.5) is 25.8 Å². The smallest absolute Gasteiger partial charge is 0.312 e. The molecular formula is C38H36ClF2N7O5. The Hall–Kier alpha value is -5.76. The molecule has 12 nitrogen and oxygen atoms in total. The van der Waals surface area contributed by atoms with Gasteiger partial charge in [-0.3, -0.25) is 23.9 Å². The first-order valence-electron chi connectivity index (χ1n) is 16.7. The molecule has 274 valence electrons. The molecule has 2 aromatic heterocycles. The van der Waals surface area contributed by atoms with Crippen LogP contribution >= 0.6 is 11.6 Å². The van der Waals surface area contributed by atoms with Gasteiger partial charge in [-0.15, -0.1) is 0 Å². The predicted octanol–water partition coefficient (Wildman–Crippen LogP) is 6.75. The second-order valence-corrected chi connectivity index (χ2v) is 14.0. The highest BCUT2D eigenvalue weighted by Crippen LogP contribution is 2.34. The number of aromatic nitrogens is 4. The number of hydrogen-bond acceptors (Lipinski definition) is 9. The van der Waals surface area contributed by atoms with Crippen molar-refractivity contribution in [2.75, 3.05) is 23.5 Å². The lowest BCUT2D eigenvalue weighted by atomic mass is 9.97. The lowest BCUT2D eigenvalue weighted by Gasteiger charge is -2.26. The third-order valence-electron chi connectivity index (χ3n) is 8.75. The standard InChI is InChI=1S/C38H36ClF2N7O5/c1-22(49)35-28-15-24(47(25-16-42-20-43-17-25)21-53-37(52)38(2,3)4)12-13-31(28)48(45-35)19-33(50)46-18-23(40)14-32(46)36(51)44-30-11-7-9-27(34(30)41)26-8-5-6-10-29(26)39/h5-13,15-17,20,23,32H,14,18-19,21H2,1-4H3,(H,44,51)/t23-,32+/m1/s1. The van der Waals surface area contributed by atoms with Crippen molar-refractivity contribution in [2.24, 2.45) is 5.41 Å². The summed E-state index contributed by atoms with van der Waals surface area (Å²) in [6.45, 7) is 5.57. The molecule has 0 bridgehead atoms. The normalized spacial score (nSPS) is 15.7. The number of esters is 1. The Morgan fingerprint density at radius 1 is 1.00 bits per heavy atom. The van der Waals surface area contributed by atoms with Crippen LogP contribution in [0.15, 0.2) is 79.4 Å². The first kappa shape index (κ1) is 37.0. The highest BCUT2D eigenvalue weighted by molar-refractivity contribution is 6.33. The average Bonchev–Trinajstić information content (AvgIpc) is 3.70. The van der Waals surface area contributed by atoms with Crippen molar-refractivity contribution in [3.8, 4) is 11.1 Å². The van der Waals surface area contributed by atoms with E-state index in [9.17, 15) is 23.6 Å². The molecule has 2 amide bonds. The molecule has 53 heavy (non-hydrogen) atoms. The highest BCUT2D eigenvalue weighted by Gasteiger charge is 2.40. The molecular weight excluding hydrogens is 708 g/mol. The molecule has 1 fully saturated rings. The zero-order valence-corrected chi connectivity index (χ0v) is 30.1. The molecule has 1 N–H and O–H groups in total. The van der Waals surface area contributed by atoms with Gasteiger partial charge >= 0.3 is 5.97 Å². The summed E-state index contributed by atoms with van der Waals surface area (Å²) in [5.74, 6) is -2.93. The molecule has 0 spiro atoms. The van der Waals surface area contributed by atoms with E-state index in [1.165, 1.54) is 30.1 Å². The number of ether oxygens (including phenoxy) is 1. The number of carbonyl (C=O) groups excluding carboxylic acids is 4. The number of fused-ring (bicyclic) bond motifs is 1. The number of hydrogen-bond donors (Lipinski definition) is 1. The quantitative estimate of drug-likeness (QED) is 0.0935. The Labute approximate surface area is 308 Å². The summed E-state index contributed by atoms with van der Waals surface area (Å²) in [4.78, 5) is 63.6. The molecule has 2 atom stereocenters. The number of alkyl halides is 1. The van der Waals surface area contributed by atoms with E-state index in [4.69, 9.17) is 16.3 Å². The fraction of sp³-hybridized carbons (Fsp3) is 0.289. The topological polar surface area (TPSA) is 140 Å². The van der Waals surface area contributed by atoms with Crippen LogP contribution in [-0.2, 0) is 25.7 Å². The van der Waals surface area contributed by atoms with Gasteiger partial charge in [-0.25, -0.2) is 18.7 Å². The summed E-state index contributed by atoms with van der Waals surface area (Å²) < 4.78 is 37.4. The number of nitrogens with zero attached hydrogens (tertiary/aromatic N) is 6. The van der Waals surface area contributed by atoms with Gasteiger partial charge in [0.1, 0.15) is 30.8 Å². The number of ketones is 1. The van der Waals surface area contributed by atoms with E-state index in [1.54, 1.807) is 86.6 Å². The summed E-state index contributed by atoms with van der Waals surface area (Å²) in [5.41, 5.74) is 1.20. The Kier molecular flexibility index (Phi) is 10.5. The first-order chi connectivity index (χ1) is 25.2. The van der Waals surface area contributed by atoms with Crippen LogP contribution < -0.4 is 10.2 Å². The van der Waals surface area contributed by atoms with E-state index >= 15 is 4.39 Å². The number of anilines is 3. The second-order valence-electron chi connectivity index (χ2n) is 13.6. The third kappa shape index (κ3) is 7.87. The zero-order valence-electron chi connectivity index (χ0n) is 29.3. The van der Waals surface area contributed by atoms with Crippen LogP contribution in [0.25, 0.3) is 22.0 Å². The van der Waals surface area contributed by atoms with Gasteiger partial charge in [-0.2, -0.15) is 5.10 Å². The Morgan fingerprint density at radius 3 is 2.42 bits per heavy atom. The fourth-order valence-electron chi connectivity index (χ4n) is 6.04. The SMILES string of the molecule is CC(=O)c1nn(CC(=O)N2C[C@H](F)C[C@H]2C(=O)Nc2cccc(-c3ccccc3Cl)c2F)c2ccc(N(COC(=O)C(C)(C)C)c3cncnc3)cc12. The average molecular weight is 744 g/mol. The predicted molar refractivity (Wildman–Crippen MR) is 195 cm³/mol. The minimum atomic E-state index is -1.50. The van der Waals surface area contributed by atoms with Crippen LogP contribution in [0.5, 0.6) is 0 Å². The Morgan fingerprint density at radius 2 is 1.72 bits per heavy atom. The number of likely N-dealkylation sites (tertiary alicyclic amines) is 1. The van der Waals surface area contributed by atoms with E-state index in [0.717, 1.165) is 4.90 Å². The molecule has 0 unspecified atom stereocenters. The second kappa shape index (κ2) is 15.1. The van der Waals surface area contributed by atoms with Crippen LogP contribution in [0.1, 0.15) is 44.6 Å². The maximum atomic E-state index is 15.6. The number of amides is 2. The number of Topliss-reactive ketones (excluding diaryl/α,β-unsaturated/α-hetero) is 1. The Balaban J connectivity index is 1.25. The molecule has 1 aliphatic rings. The number of benzene rings is 3. The van der Waals surface area contributed by atoms with Gasteiger partial charge in [0.2, 0.25) is 11.8 Å². The Bertz CT molecular complexity index is 2210. The molecule has 0 radical (unpaired) electrons. The maximum absolute atomic E-state index is 15.6. The molecule has 1 saturated heterocycles. The van der Waals surface area contributed by atoms with Crippen molar-refractivity contribution in [3.63, 3.8) is 0 Å². The molecule has 15 heteroatoms.